The Morgan fingerprint density at radius 2 is 0.741 bits per heavy atom. The maximum absolute atomic E-state index is 6.49. The van der Waals surface area contributed by atoms with Gasteiger partial charge in [-0.25, -0.2) is 0 Å². The Hall–Kier alpha value is 0.137. The molecule has 0 saturated carbocycles. The molecular weight excluding hydrogens is 348 g/mol. The summed E-state index contributed by atoms with van der Waals surface area (Å²) in [7, 11) is -1.99. The van der Waals surface area contributed by atoms with E-state index in [-0.39, 0.29) is 0 Å². The molecule has 0 saturated heterocycles. The topological polar surface area (TPSA) is 18.5 Å². The van der Waals surface area contributed by atoms with Crippen molar-refractivity contribution < 1.29 is 8.85 Å². The van der Waals surface area contributed by atoms with Crippen molar-refractivity contribution in [3.8, 4) is 0 Å². The number of rotatable bonds is 22. The minimum Gasteiger partial charge on any atom is -0.394 e. The average Bonchev–Trinajstić information content (AvgIpc) is 2.69. The van der Waals surface area contributed by atoms with Crippen LogP contribution in [0.2, 0.25) is 12.1 Å². The fraction of sp³-hybridized carbons (Fsp3) is 1.00. The molecular formula is C24H52O2Si. The summed E-state index contributed by atoms with van der Waals surface area (Å²) in [5.74, 6) is 0. The summed E-state index contributed by atoms with van der Waals surface area (Å²) < 4.78 is 13.0. The van der Waals surface area contributed by atoms with Crippen molar-refractivity contribution >= 4 is 8.56 Å². The molecule has 0 unspecified atom stereocenters. The maximum Gasteiger partial charge on any atom is 0.338 e. The molecule has 27 heavy (non-hydrogen) atoms. The van der Waals surface area contributed by atoms with Crippen LogP contribution in [-0.2, 0) is 8.85 Å². The highest BCUT2D eigenvalue weighted by molar-refractivity contribution is 6.67. The Balaban J connectivity index is 4.30. The molecule has 0 atom stereocenters. The molecule has 0 N–H and O–H groups in total. The lowest BCUT2D eigenvalue weighted by atomic mass is 10.1. The van der Waals surface area contributed by atoms with Crippen molar-refractivity contribution in [3.05, 3.63) is 0 Å². The largest absolute Gasteiger partial charge is 0.394 e. The van der Waals surface area contributed by atoms with Crippen LogP contribution in [-0.4, -0.2) is 21.8 Å². The van der Waals surface area contributed by atoms with E-state index >= 15 is 0 Å². The standard InChI is InChI=1S/C24H52O2Si/c1-5-9-11-13-15-17-19-23-27(25-21-7-3,26-22-8-4)24-20-18-16-14-12-10-6-2/h5-24H2,1-4H3. The van der Waals surface area contributed by atoms with Crippen LogP contribution >= 0.6 is 0 Å². The SMILES string of the molecule is CCCCCCCCC[Si](CCCCCCCCC)(OCCC)OCCC. The first-order valence-corrected chi connectivity index (χ1v) is 14.8. The van der Waals surface area contributed by atoms with Crippen LogP contribution in [0.25, 0.3) is 0 Å². The van der Waals surface area contributed by atoms with Gasteiger partial charge in [0.15, 0.2) is 0 Å². The van der Waals surface area contributed by atoms with Crippen LogP contribution in [0.1, 0.15) is 130 Å². The van der Waals surface area contributed by atoms with Gasteiger partial charge in [-0.1, -0.05) is 118 Å². The van der Waals surface area contributed by atoms with Crippen molar-refractivity contribution in [1.82, 2.24) is 0 Å². The predicted octanol–water partition coefficient (Wildman–Crippen LogP) is 8.78. The van der Waals surface area contributed by atoms with Gasteiger partial charge in [-0.05, 0) is 24.9 Å². The van der Waals surface area contributed by atoms with Gasteiger partial charge in [0, 0.05) is 13.2 Å². The summed E-state index contributed by atoms with van der Waals surface area (Å²) in [6.45, 7) is 10.8. The number of unbranched alkanes of at least 4 members (excludes halogenated alkanes) is 12. The molecule has 0 aliphatic rings. The van der Waals surface area contributed by atoms with Crippen LogP contribution in [0.15, 0.2) is 0 Å². The maximum atomic E-state index is 6.49. The second-order valence-electron chi connectivity index (χ2n) is 8.35. The summed E-state index contributed by atoms with van der Waals surface area (Å²) in [6.07, 6.45) is 21.5. The van der Waals surface area contributed by atoms with Crippen LogP contribution in [0.3, 0.4) is 0 Å². The van der Waals surface area contributed by atoms with E-state index in [1.807, 2.05) is 0 Å². The zero-order chi connectivity index (χ0) is 20.1. The van der Waals surface area contributed by atoms with Gasteiger partial charge in [0.1, 0.15) is 0 Å². The summed E-state index contributed by atoms with van der Waals surface area (Å²) in [4.78, 5) is 0. The van der Waals surface area contributed by atoms with Gasteiger partial charge in [0.05, 0.1) is 0 Å². The molecule has 0 radical (unpaired) electrons. The van der Waals surface area contributed by atoms with E-state index in [0.29, 0.717) is 0 Å². The van der Waals surface area contributed by atoms with E-state index in [1.54, 1.807) is 0 Å². The fourth-order valence-electron chi connectivity index (χ4n) is 3.73. The molecule has 3 heteroatoms. The fourth-order valence-corrected chi connectivity index (χ4v) is 7.37. The predicted molar refractivity (Wildman–Crippen MR) is 124 cm³/mol. The van der Waals surface area contributed by atoms with Crippen molar-refractivity contribution in [2.45, 2.75) is 143 Å². The second-order valence-corrected chi connectivity index (χ2v) is 11.7. The Kier molecular flexibility index (Phi) is 21.0. The first-order chi connectivity index (χ1) is 13.2. The average molecular weight is 401 g/mol. The van der Waals surface area contributed by atoms with Gasteiger partial charge in [-0.15, -0.1) is 0 Å². The lowest BCUT2D eigenvalue weighted by Crippen LogP contribution is -2.42. The number of hydrogen-bond acceptors (Lipinski definition) is 2. The third-order valence-electron chi connectivity index (χ3n) is 5.46. The molecule has 0 aromatic heterocycles. The molecule has 164 valence electrons. The van der Waals surface area contributed by atoms with Crippen LogP contribution in [0, 0.1) is 0 Å². The summed E-state index contributed by atoms with van der Waals surface area (Å²) in [5, 5.41) is 0. The highest BCUT2D eigenvalue weighted by Crippen LogP contribution is 2.27. The van der Waals surface area contributed by atoms with Gasteiger partial charge in [0.2, 0.25) is 0 Å². The first-order valence-electron chi connectivity index (χ1n) is 12.5. The zero-order valence-electron chi connectivity index (χ0n) is 19.5. The van der Waals surface area contributed by atoms with Crippen LogP contribution in [0.4, 0.5) is 0 Å². The van der Waals surface area contributed by atoms with E-state index in [1.165, 1.54) is 102 Å². The Morgan fingerprint density at radius 1 is 0.407 bits per heavy atom. The van der Waals surface area contributed by atoms with E-state index in [9.17, 15) is 0 Å². The first kappa shape index (κ1) is 27.1. The van der Waals surface area contributed by atoms with Gasteiger partial charge in [-0.3, -0.25) is 0 Å². The highest BCUT2D eigenvalue weighted by Gasteiger charge is 2.36. The lowest BCUT2D eigenvalue weighted by molar-refractivity contribution is 0.165. The molecule has 0 aromatic rings. The quantitative estimate of drug-likeness (QED) is 0.133. The Labute approximate surface area is 173 Å². The van der Waals surface area contributed by atoms with Gasteiger partial charge >= 0.3 is 8.56 Å². The van der Waals surface area contributed by atoms with Crippen molar-refractivity contribution in [2.75, 3.05) is 13.2 Å². The van der Waals surface area contributed by atoms with Crippen molar-refractivity contribution in [1.29, 1.82) is 0 Å². The third-order valence-corrected chi connectivity index (χ3v) is 9.15. The molecule has 0 fully saturated rings. The van der Waals surface area contributed by atoms with Gasteiger partial charge < -0.3 is 8.85 Å². The number of hydrogen-bond donors (Lipinski definition) is 0. The van der Waals surface area contributed by atoms with E-state index in [2.05, 4.69) is 27.7 Å². The Morgan fingerprint density at radius 3 is 1.07 bits per heavy atom. The zero-order valence-corrected chi connectivity index (χ0v) is 20.5. The van der Waals surface area contributed by atoms with Crippen molar-refractivity contribution in [2.24, 2.45) is 0 Å². The molecule has 0 aromatic carbocycles. The molecule has 0 heterocycles. The molecule has 0 aliphatic carbocycles. The molecule has 0 amide bonds. The normalized spacial score (nSPS) is 12.0. The molecule has 0 spiro atoms. The van der Waals surface area contributed by atoms with E-state index in [4.69, 9.17) is 8.85 Å². The monoisotopic (exact) mass is 400 g/mol. The van der Waals surface area contributed by atoms with Gasteiger partial charge in [-0.2, -0.15) is 0 Å². The molecule has 0 rings (SSSR count). The highest BCUT2D eigenvalue weighted by atomic mass is 28.4. The third kappa shape index (κ3) is 16.8. The van der Waals surface area contributed by atoms with Crippen LogP contribution < -0.4 is 0 Å². The molecule has 2 nitrogen and oxygen atoms in total. The second kappa shape index (κ2) is 20.9. The van der Waals surface area contributed by atoms with Gasteiger partial charge in [0.25, 0.3) is 0 Å². The minimum atomic E-state index is -1.99. The summed E-state index contributed by atoms with van der Waals surface area (Å²) in [5.41, 5.74) is 0. The summed E-state index contributed by atoms with van der Waals surface area (Å²) >= 11 is 0. The molecule has 0 aliphatic heterocycles. The lowest BCUT2D eigenvalue weighted by Gasteiger charge is -2.31. The van der Waals surface area contributed by atoms with Crippen molar-refractivity contribution in [3.63, 3.8) is 0 Å². The Bertz CT molecular complexity index is 256. The van der Waals surface area contributed by atoms with E-state index < -0.39 is 8.56 Å². The molecule has 0 bridgehead atoms. The van der Waals surface area contributed by atoms with E-state index in [0.717, 1.165) is 26.1 Å². The summed E-state index contributed by atoms with van der Waals surface area (Å²) in [6, 6.07) is 2.44. The van der Waals surface area contributed by atoms with Crippen LogP contribution in [0.5, 0.6) is 0 Å². The smallest absolute Gasteiger partial charge is 0.338 e. The minimum absolute atomic E-state index is 0.892.